The third-order valence-electron chi connectivity index (χ3n) is 9.50. The fourth-order valence-corrected chi connectivity index (χ4v) is 7.47. The number of hydrogen-bond acceptors (Lipinski definition) is 2. The molecule has 0 radical (unpaired) electrons. The normalized spacial score (nSPS) is 22.3. The fraction of sp³-hybridized carbons (Fsp3) is 0.262. The summed E-state index contributed by atoms with van der Waals surface area (Å²) in [5.74, 6) is 1.33. The van der Waals surface area contributed by atoms with Gasteiger partial charge in [-0.3, -0.25) is 4.99 Å². The Morgan fingerprint density at radius 2 is 1.70 bits per heavy atom. The van der Waals surface area contributed by atoms with E-state index < -0.39 is 0 Å². The summed E-state index contributed by atoms with van der Waals surface area (Å²) in [5.41, 5.74) is 13.3. The van der Waals surface area contributed by atoms with Crippen LogP contribution in [0.5, 0.6) is 0 Å². The van der Waals surface area contributed by atoms with Crippen molar-refractivity contribution in [2.45, 2.75) is 66.0 Å². The topological polar surface area (TPSA) is 15.6 Å². The van der Waals surface area contributed by atoms with Crippen molar-refractivity contribution in [2.24, 2.45) is 4.99 Å². The molecule has 0 aromatic heterocycles. The Labute approximate surface area is 263 Å². The Morgan fingerprint density at radius 3 is 2.43 bits per heavy atom. The third-order valence-corrected chi connectivity index (χ3v) is 9.50. The summed E-state index contributed by atoms with van der Waals surface area (Å²) in [7, 11) is 2.22. The van der Waals surface area contributed by atoms with Crippen LogP contribution in [-0.4, -0.2) is 29.9 Å². The van der Waals surface area contributed by atoms with Gasteiger partial charge in [0.25, 0.3) is 0 Å². The lowest BCUT2D eigenvalue weighted by molar-refractivity contribution is 0.466. The molecule has 0 saturated carbocycles. The molecule has 1 aliphatic heterocycles. The predicted molar refractivity (Wildman–Crippen MR) is 191 cm³/mol. The van der Waals surface area contributed by atoms with Crippen LogP contribution in [0.25, 0.3) is 27.5 Å². The molecule has 0 spiro atoms. The van der Waals surface area contributed by atoms with Crippen LogP contribution >= 0.6 is 0 Å². The van der Waals surface area contributed by atoms with Crippen LogP contribution < -0.4 is 0 Å². The number of nitrogens with zero attached hydrogens (tertiary/aromatic N) is 2. The molecule has 0 fully saturated rings. The Morgan fingerprint density at radius 1 is 0.932 bits per heavy atom. The molecule has 3 aromatic rings. The van der Waals surface area contributed by atoms with E-state index in [-0.39, 0.29) is 12.1 Å². The van der Waals surface area contributed by atoms with Gasteiger partial charge in [-0.1, -0.05) is 123 Å². The molecule has 3 aliphatic rings. The van der Waals surface area contributed by atoms with Gasteiger partial charge >= 0.3 is 0 Å². The zero-order chi connectivity index (χ0) is 31.0. The van der Waals surface area contributed by atoms with Crippen molar-refractivity contribution in [3.05, 3.63) is 148 Å². The van der Waals surface area contributed by atoms with E-state index in [4.69, 9.17) is 4.99 Å². The van der Waals surface area contributed by atoms with E-state index >= 15 is 0 Å². The van der Waals surface area contributed by atoms with E-state index in [0.29, 0.717) is 5.92 Å². The van der Waals surface area contributed by atoms with E-state index in [2.05, 4.69) is 163 Å². The molecule has 3 aromatic carbocycles. The molecule has 2 bridgehead atoms. The zero-order valence-electron chi connectivity index (χ0n) is 27.2. The maximum Gasteiger partial charge on any atom is 0.133 e. The van der Waals surface area contributed by atoms with E-state index in [9.17, 15) is 0 Å². The van der Waals surface area contributed by atoms with Crippen molar-refractivity contribution >= 4 is 22.2 Å². The maximum absolute atomic E-state index is 5.53. The van der Waals surface area contributed by atoms with Gasteiger partial charge < -0.3 is 4.90 Å². The zero-order valence-corrected chi connectivity index (χ0v) is 27.2. The lowest BCUT2D eigenvalue weighted by atomic mass is 9.70. The molecule has 6 rings (SSSR count). The predicted octanol–water partition coefficient (Wildman–Crippen LogP) is 10.6. The van der Waals surface area contributed by atoms with Gasteiger partial charge in [-0.2, -0.15) is 0 Å². The lowest BCUT2D eigenvalue weighted by Crippen LogP contribution is -2.39. The molecule has 2 heteroatoms. The van der Waals surface area contributed by atoms with Gasteiger partial charge in [-0.15, -0.1) is 0 Å². The summed E-state index contributed by atoms with van der Waals surface area (Å²) in [5, 5.41) is 2.55. The molecule has 0 N–H and O–H groups in total. The first-order chi connectivity index (χ1) is 21.4. The number of aryl methyl sites for hydroxylation is 1. The van der Waals surface area contributed by atoms with Crippen molar-refractivity contribution < 1.29 is 0 Å². The van der Waals surface area contributed by atoms with E-state index in [0.717, 1.165) is 12.3 Å². The molecule has 0 amide bonds. The van der Waals surface area contributed by atoms with Gasteiger partial charge in [0.2, 0.25) is 0 Å². The highest BCUT2D eigenvalue weighted by atomic mass is 15.2. The minimum atomic E-state index is -0.0379. The first-order valence-corrected chi connectivity index (χ1v) is 16.1. The quantitative estimate of drug-likeness (QED) is 0.276. The molecule has 222 valence electrons. The first-order valence-electron chi connectivity index (χ1n) is 16.1. The highest BCUT2D eigenvalue weighted by molar-refractivity contribution is 6.18. The number of fused-ring (bicyclic) bond motifs is 6. The summed E-state index contributed by atoms with van der Waals surface area (Å²) in [6.07, 6.45) is 25.6. The van der Waals surface area contributed by atoms with Crippen LogP contribution in [0.3, 0.4) is 0 Å². The molecule has 3 unspecified atom stereocenters. The SMILES string of the molecule is C/C=C\C(=C/C)C1C2=CC(C=CC=C2)N=C(c2c(C)c3c(c4ccccc24)/C(=C/C=C\CC)C(C)c2cccc(C)c2-3)N1C. The maximum atomic E-state index is 5.53. The number of allylic oxidation sites excluding steroid dienone is 8. The minimum absolute atomic E-state index is 0.0379. The van der Waals surface area contributed by atoms with Crippen molar-refractivity contribution in [1.82, 2.24) is 4.90 Å². The van der Waals surface area contributed by atoms with Gasteiger partial charge in [0.15, 0.2) is 0 Å². The second kappa shape index (κ2) is 12.3. The highest BCUT2D eigenvalue weighted by Crippen LogP contribution is 2.52. The van der Waals surface area contributed by atoms with Gasteiger partial charge in [-0.25, -0.2) is 0 Å². The van der Waals surface area contributed by atoms with E-state index in [1.165, 1.54) is 66.4 Å². The lowest BCUT2D eigenvalue weighted by Gasteiger charge is -2.36. The number of amidine groups is 1. The Bertz CT molecular complexity index is 1870. The average Bonchev–Trinajstić information content (AvgIpc) is 3.33. The van der Waals surface area contributed by atoms with Gasteiger partial charge in [0.05, 0.1) is 12.1 Å². The summed E-state index contributed by atoms with van der Waals surface area (Å²) in [4.78, 5) is 7.94. The second-order valence-corrected chi connectivity index (χ2v) is 12.2. The molecule has 2 nitrogen and oxygen atoms in total. The molecule has 0 saturated heterocycles. The van der Waals surface area contributed by atoms with Crippen LogP contribution in [0.2, 0.25) is 0 Å². The van der Waals surface area contributed by atoms with Crippen LogP contribution in [0, 0.1) is 13.8 Å². The van der Waals surface area contributed by atoms with Crippen LogP contribution in [0.15, 0.2) is 125 Å². The Kier molecular flexibility index (Phi) is 8.27. The molecule has 3 atom stereocenters. The second-order valence-electron chi connectivity index (χ2n) is 12.2. The van der Waals surface area contributed by atoms with E-state index in [1.807, 2.05) is 0 Å². The van der Waals surface area contributed by atoms with Crippen molar-refractivity contribution in [3.63, 3.8) is 0 Å². The molecule has 2 aliphatic carbocycles. The van der Waals surface area contributed by atoms with Crippen LogP contribution in [0.4, 0.5) is 0 Å². The van der Waals surface area contributed by atoms with Crippen molar-refractivity contribution in [3.8, 4) is 11.1 Å². The Balaban J connectivity index is 1.72. The van der Waals surface area contributed by atoms with Gasteiger partial charge in [0.1, 0.15) is 5.84 Å². The van der Waals surface area contributed by atoms with Gasteiger partial charge in [0, 0.05) is 18.5 Å². The number of benzene rings is 3. The summed E-state index contributed by atoms with van der Waals surface area (Å²) >= 11 is 0. The first kappa shape index (κ1) is 29.6. The number of likely N-dealkylation sites (N-methyl/N-ethyl adjacent to an activating group) is 1. The average molecular weight is 577 g/mol. The summed E-state index contributed by atoms with van der Waals surface area (Å²) in [6.45, 7) is 13.4. The highest BCUT2D eigenvalue weighted by Gasteiger charge is 2.35. The Hall–Kier alpha value is -4.43. The molecule has 1 heterocycles. The monoisotopic (exact) mass is 576 g/mol. The number of hydrogen-bond donors (Lipinski definition) is 0. The van der Waals surface area contributed by atoms with Crippen molar-refractivity contribution in [1.29, 1.82) is 0 Å². The number of rotatable bonds is 5. The standard InChI is InChI=1S/C42H44N2/c1-8-11-12-22-34-28(5)33-25-17-19-27(4)37(33)39-29(6)38(35-23-15-16-24-36(35)40(34)39)42-43-32-21-14-13-20-31(26-32)41(44(42)7)30(10-3)18-9-2/h9-26,28,32,41H,8H2,1-7H3/b12-11-,18-9-,30-10+,34-22+. The van der Waals surface area contributed by atoms with E-state index in [1.54, 1.807) is 0 Å². The van der Waals surface area contributed by atoms with Crippen LogP contribution in [0.1, 0.15) is 67.9 Å². The molecule has 44 heavy (non-hydrogen) atoms. The number of aliphatic imine (C=N–C) groups is 1. The van der Waals surface area contributed by atoms with Gasteiger partial charge in [-0.05, 0) is 95.0 Å². The summed E-state index contributed by atoms with van der Waals surface area (Å²) < 4.78 is 0. The fourth-order valence-electron chi connectivity index (χ4n) is 7.47. The molecular formula is C42H44N2. The van der Waals surface area contributed by atoms with Crippen LogP contribution in [-0.2, 0) is 0 Å². The molecular weight excluding hydrogens is 532 g/mol. The third kappa shape index (κ3) is 4.87. The smallest absolute Gasteiger partial charge is 0.133 e. The summed E-state index contributed by atoms with van der Waals surface area (Å²) in [6, 6.07) is 15.8. The largest absolute Gasteiger partial charge is 0.348 e. The minimum Gasteiger partial charge on any atom is -0.348 e. The van der Waals surface area contributed by atoms with Crippen molar-refractivity contribution in [2.75, 3.05) is 7.05 Å².